The molecule has 0 saturated carbocycles. The Hall–Kier alpha value is -0.890. The molecular weight excluding hydrogens is 152 g/mol. The molecule has 0 bridgehead atoms. The summed E-state index contributed by atoms with van der Waals surface area (Å²) in [6, 6.07) is 0. The first-order valence-corrected chi connectivity index (χ1v) is 4.15. The fourth-order valence-corrected chi connectivity index (χ4v) is 1.36. The predicted molar refractivity (Wildman–Crippen MR) is 47.8 cm³/mol. The third-order valence-electron chi connectivity index (χ3n) is 2.63. The molecule has 0 aromatic heterocycles. The maximum atomic E-state index is 11.2. The Bertz CT molecular complexity index is 274. The summed E-state index contributed by atoms with van der Waals surface area (Å²) in [4.78, 5) is 11.2. The van der Waals surface area contributed by atoms with E-state index in [1.807, 2.05) is 6.92 Å². The topological polar surface area (TPSA) is 37.3 Å². The van der Waals surface area contributed by atoms with E-state index in [0.717, 1.165) is 5.57 Å². The second kappa shape index (κ2) is 2.87. The minimum absolute atomic E-state index is 0.00521. The van der Waals surface area contributed by atoms with Crippen molar-refractivity contribution in [1.82, 2.24) is 0 Å². The van der Waals surface area contributed by atoms with Crippen LogP contribution in [0, 0.1) is 0 Å². The van der Waals surface area contributed by atoms with Crippen LogP contribution in [-0.2, 0) is 4.79 Å². The summed E-state index contributed by atoms with van der Waals surface area (Å²) < 4.78 is 0. The maximum Gasteiger partial charge on any atom is 0.181 e. The van der Waals surface area contributed by atoms with Crippen LogP contribution in [0.4, 0.5) is 0 Å². The molecule has 0 heterocycles. The van der Waals surface area contributed by atoms with Gasteiger partial charge in [-0.15, -0.1) is 0 Å². The Morgan fingerprint density at radius 2 is 2.08 bits per heavy atom. The van der Waals surface area contributed by atoms with Crippen LogP contribution in [0.1, 0.15) is 27.2 Å². The lowest BCUT2D eigenvalue weighted by Crippen LogP contribution is -2.31. The minimum atomic E-state index is -0.891. The summed E-state index contributed by atoms with van der Waals surface area (Å²) in [5.41, 5.74) is 0.553. The summed E-state index contributed by atoms with van der Waals surface area (Å²) in [7, 11) is 0. The average Bonchev–Trinajstić information content (AvgIpc) is 2.09. The van der Waals surface area contributed by atoms with Crippen molar-refractivity contribution in [3.05, 3.63) is 23.3 Å². The molecule has 1 aliphatic rings. The van der Waals surface area contributed by atoms with Gasteiger partial charge in [0.1, 0.15) is 5.60 Å². The van der Waals surface area contributed by atoms with E-state index in [2.05, 4.69) is 0 Å². The van der Waals surface area contributed by atoms with E-state index in [9.17, 15) is 9.90 Å². The lowest BCUT2D eigenvalue weighted by molar-refractivity contribution is -0.111. The molecule has 0 aromatic carbocycles. The minimum Gasteiger partial charge on any atom is -0.381 e. The first-order chi connectivity index (χ1) is 5.51. The Morgan fingerprint density at radius 3 is 2.58 bits per heavy atom. The summed E-state index contributed by atoms with van der Waals surface area (Å²) in [6.07, 6.45) is 3.64. The Morgan fingerprint density at radius 1 is 1.50 bits per heavy atom. The van der Waals surface area contributed by atoms with Gasteiger partial charge in [-0.3, -0.25) is 4.79 Å². The van der Waals surface area contributed by atoms with Gasteiger partial charge in [0.05, 0.1) is 0 Å². The van der Waals surface area contributed by atoms with Crippen molar-refractivity contribution in [1.29, 1.82) is 0 Å². The smallest absolute Gasteiger partial charge is 0.181 e. The van der Waals surface area contributed by atoms with Crippen molar-refractivity contribution < 1.29 is 9.90 Å². The summed E-state index contributed by atoms with van der Waals surface area (Å²) in [6.45, 7) is 5.46. The molecule has 0 fully saturated rings. The molecule has 1 unspecified atom stereocenters. The molecule has 0 radical (unpaired) electrons. The number of carbonyl (C=O) groups is 1. The number of ketones is 1. The highest BCUT2D eigenvalue weighted by atomic mass is 16.3. The van der Waals surface area contributed by atoms with Crippen LogP contribution >= 0.6 is 0 Å². The highest BCUT2D eigenvalue weighted by molar-refractivity contribution is 6.05. The molecule has 2 heteroatoms. The molecule has 1 aliphatic carbocycles. The van der Waals surface area contributed by atoms with E-state index in [-0.39, 0.29) is 5.78 Å². The van der Waals surface area contributed by atoms with Gasteiger partial charge in [-0.05, 0) is 43.6 Å². The molecule has 2 nitrogen and oxygen atoms in total. The van der Waals surface area contributed by atoms with Gasteiger partial charge in [0, 0.05) is 0 Å². The normalized spacial score (nSPS) is 29.8. The first-order valence-electron chi connectivity index (χ1n) is 4.15. The van der Waals surface area contributed by atoms with Gasteiger partial charge in [0.25, 0.3) is 0 Å². The average molecular weight is 166 g/mol. The molecule has 0 amide bonds. The van der Waals surface area contributed by atoms with Crippen molar-refractivity contribution in [2.24, 2.45) is 0 Å². The monoisotopic (exact) mass is 166 g/mol. The van der Waals surface area contributed by atoms with Crippen LogP contribution in [0.5, 0.6) is 0 Å². The van der Waals surface area contributed by atoms with Crippen molar-refractivity contribution in [2.45, 2.75) is 32.8 Å². The number of allylic oxidation sites excluding steroid dienone is 2. The van der Waals surface area contributed by atoms with Crippen LogP contribution < -0.4 is 0 Å². The zero-order chi connectivity index (χ0) is 9.35. The second-order valence-corrected chi connectivity index (χ2v) is 3.23. The van der Waals surface area contributed by atoms with Gasteiger partial charge >= 0.3 is 0 Å². The molecule has 0 aliphatic heterocycles. The van der Waals surface area contributed by atoms with E-state index >= 15 is 0 Å². The Balaban J connectivity index is 3.13. The van der Waals surface area contributed by atoms with Crippen LogP contribution in [0.2, 0.25) is 0 Å². The number of carbonyl (C=O) groups excluding carboxylic acids is 1. The highest BCUT2D eigenvalue weighted by Crippen LogP contribution is 2.28. The molecular formula is C10H14O2. The summed E-state index contributed by atoms with van der Waals surface area (Å²) >= 11 is 0. The van der Waals surface area contributed by atoms with Crippen molar-refractivity contribution in [3.8, 4) is 0 Å². The molecule has 0 spiro atoms. The van der Waals surface area contributed by atoms with Crippen molar-refractivity contribution in [2.75, 3.05) is 0 Å². The van der Waals surface area contributed by atoms with E-state index in [1.54, 1.807) is 19.9 Å². The van der Waals surface area contributed by atoms with E-state index in [4.69, 9.17) is 0 Å². The largest absolute Gasteiger partial charge is 0.381 e. The van der Waals surface area contributed by atoms with Gasteiger partial charge in [0.2, 0.25) is 0 Å². The summed E-state index contributed by atoms with van der Waals surface area (Å²) in [5.74, 6) is 0.00521. The van der Waals surface area contributed by atoms with Crippen LogP contribution in [0.15, 0.2) is 23.3 Å². The zero-order valence-corrected chi connectivity index (χ0v) is 7.72. The maximum absolute atomic E-state index is 11.2. The van der Waals surface area contributed by atoms with Crippen LogP contribution in [0.3, 0.4) is 0 Å². The molecule has 12 heavy (non-hydrogen) atoms. The van der Waals surface area contributed by atoms with Crippen LogP contribution in [-0.4, -0.2) is 16.5 Å². The van der Waals surface area contributed by atoms with Crippen molar-refractivity contribution in [3.63, 3.8) is 0 Å². The predicted octanol–water partition coefficient (Wildman–Crippen LogP) is 1.60. The lowest BCUT2D eigenvalue weighted by Gasteiger charge is -2.28. The summed E-state index contributed by atoms with van der Waals surface area (Å²) in [5, 5.41) is 9.94. The third-order valence-corrected chi connectivity index (χ3v) is 2.63. The van der Waals surface area contributed by atoms with E-state index < -0.39 is 5.60 Å². The van der Waals surface area contributed by atoms with Gasteiger partial charge in [0.15, 0.2) is 5.78 Å². The number of aliphatic hydroxyl groups is 1. The Labute approximate surface area is 72.6 Å². The quantitative estimate of drug-likeness (QED) is 0.642. The number of rotatable bonds is 1. The fraction of sp³-hybridized carbons (Fsp3) is 0.500. The highest BCUT2D eigenvalue weighted by Gasteiger charge is 2.29. The SMILES string of the molecule is CCC1(O)C=CC(=O)C(C)=C1C. The molecule has 1 rings (SSSR count). The number of hydrogen-bond donors (Lipinski definition) is 1. The van der Waals surface area contributed by atoms with Gasteiger partial charge in [-0.25, -0.2) is 0 Å². The fourth-order valence-electron chi connectivity index (χ4n) is 1.36. The lowest BCUT2D eigenvalue weighted by atomic mass is 9.83. The number of hydrogen-bond acceptors (Lipinski definition) is 2. The molecule has 1 N–H and O–H groups in total. The van der Waals surface area contributed by atoms with E-state index in [1.165, 1.54) is 6.08 Å². The molecule has 0 saturated heterocycles. The first kappa shape index (κ1) is 9.20. The molecule has 0 aromatic rings. The zero-order valence-electron chi connectivity index (χ0n) is 7.72. The third kappa shape index (κ3) is 1.23. The van der Waals surface area contributed by atoms with Crippen molar-refractivity contribution >= 4 is 5.78 Å². The van der Waals surface area contributed by atoms with Gasteiger partial charge < -0.3 is 5.11 Å². The molecule has 1 atom stereocenters. The Kier molecular flexibility index (Phi) is 2.20. The second-order valence-electron chi connectivity index (χ2n) is 3.23. The standard InChI is InChI=1S/C10H14O2/c1-4-10(12)6-5-9(11)7(2)8(10)3/h5-6,12H,4H2,1-3H3. The van der Waals surface area contributed by atoms with Gasteiger partial charge in [-0.1, -0.05) is 6.92 Å². The van der Waals surface area contributed by atoms with E-state index in [0.29, 0.717) is 12.0 Å². The molecule has 66 valence electrons. The van der Waals surface area contributed by atoms with Gasteiger partial charge in [-0.2, -0.15) is 0 Å². The van der Waals surface area contributed by atoms with Crippen LogP contribution in [0.25, 0.3) is 0 Å².